The Morgan fingerprint density at radius 2 is 1.73 bits per heavy atom. The fourth-order valence-corrected chi connectivity index (χ4v) is 9.10. The van der Waals surface area contributed by atoms with Crippen LogP contribution in [0.15, 0.2) is 28.6 Å². The molecule has 7 nitrogen and oxygen atoms in total. The maximum absolute atomic E-state index is 12.6. The Morgan fingerprint density at radius 3 is 2.27 bits per heavy atom. The van der Waals surface area contributed by atoms with Crippen LogP contribution >= 0.6 is 23.1 Å². The third-order valence-electron chi connectivity index (χ3n) is 7.41. The maximum atomic E-state index is 12.6. The highest BCUT2D eigenvalue weighted by molar-refractivity contribution is 8.01. The number of anilines is 2. The Balaban J connectivity index is 1.31. The van der Waals surface area contributed by atoms with Crippen molar-refractivity contribution in [2.45, 2.75) is 55.2 Å². The van der Waals surface area contributed by atoms with Crippen molar-refractivity contribution < 1.29 is 13.2 Å². The quantitative estimate of drug-likeness (QED) is 0.418. The highest BCUT2D eigenvalue weighted by atomic mass is 32.2. The van der Waals surface area contributed by atoms with Crippen molar-refractivity contribution >= 4 is 49.8 Å². The van der Waals surface area contributed by atoms with Crippen molar-refractivity contribution in [1.29, 1.82) is 0 Å². The van der Waals surface area contributed by atoms with Crippen LogP contribution in [-0.4, -0.2) is 43.1 Å². The zero-order valence-corrected chi connectivity index (χ0v) is 21.4. The largest absolute Gasteiger partial charge is 0.299 e. The molecule has 1 heterocycles. The number of benzene rings is 1. The second-order valence-electron chi connectivity index (χ2n) is 9.87. The van der Waals surface area contributed by atoms with Crippen molar-refractivity contribution in [3.8, 4) is 0 Å². The van der Waals surface area contributed by atoms with Crippen molar-refractivity contribution in [3.63, 3.8) is 0 Å². The van der Waals surface area contributed by atoms with Gasteiger partial charge in [0.15, 0.2) is 4.34 Å². The summed E-state index contributed by atoms with van der Waals surface area (Å²) in [5, 5.41) is 11.0. The van der Waals surface area contributed by atoms with E-state index in [1.807, 2.05) is 19.1 Å². The van der Waals surface area contributed by atoms with Crippen LogP contribution in [-0.2, 0) is 20.2 Å². The number of aromatic nitrogens is 2. The molecule has 2 aromatic rings. The summed E-state index contributed by atoms with van der Waals surface area (Å²) in [5.41, 5.74) is 2.10. The van der Waals surface area contributed by atoms with E-state index in [0.717, 1.165) is 38.4 Å². The molecule has 0 saturated heterocycles. The van der Waals surface area contributed by atoms with E-state index in [9.17, 15) is 13.2 Å². The predicted molar refractivity (Wildman–Crippen MR) is 133 cm³/mol. The lowest BCUT2D eigenvalue weighted by Gasteiger charge is -2.57. The van der Waals surface area contributed by atoms with Gasteiger partial charge in [0.2, 0.25) is 21.1 Å². The number of nitrogens with zero attached hydrogens (tertiary/aromatic N) is 3. The monoisotopic (exact) mass is 506 g/mol. The normalized spacial score (nSPS) is 28.1. The third-order valence-corrected chi connectivity index (χ3v) is 10.4. The smallest absolute Gasteiger partial charge is 0.246 e. The van der Waals surface area contributed by atoms with Gasteiger partial charge in [-0.1, -0.05) is 42.2 Å². The van der Waals surface area contributed by atoms with Crippen LogP contribution in [0.25, 0.3) is 0 Å². The van der Waals surface area contributed by atoms with Gasteiger partial charge in [-0.05, 0) is 85.1 Å². The third kappa shape index (κ3) is 4.79. The van der Waals surface area contributed by atoms with E-state index in [4.69, 9.17) is 0 Å². The Morgan fingerprint density at radius 1 is 1.12 bits per heavy atom. The van der Waals surface area contributed by atoms with Gasteiger partial charge < -0.3 is 0 Å². The van der Waals surface area contributed by atoms with Gasteiger partial charge in [-0.3, -0.25) is 14.4 Å². The first-order valence-electron chi connectivity index (χ1n) is 11.6. The second kappa shape index (κ2) is 8.85. The summed E-state index contributed by atoms with van der Waals surface area (Å²) in [5.74, 6) is 2.98. The van der Waals surface area contributed by atoms with E-state index < -0.39 is 15.9 Å². The Bertz CT molecular complexity index is 1090. The van der Waals surface area contributed by atoms with Crippen LogP contribution in [0.2, 0.25) is 0 Å². The van der Waals surface area contributed by atoms with Gasteiger partial charge in [-0.25, -0.2) is 8.42 Å². The molecular formula is C23H30N4O3S3. The van der Waals surface area contributed by atoms with E-state index in [1.165, 1.54) is 55.4 Å². The molecule has 0 atom stereocenters. The van der Waals surface area contributed by atoms with Crippen LogP contribution in [0, 0.1) is 17.8 Å². The van der Waals surface area contributed by atoms with E-state index in [0.29, 0.717) is 10.8 Å². The van der Waals surface area contributed by atoms with Crippen LogP contribution in [0.4, 0.5) is 10.8 Å². The molecular weight excluding hydrogens is 476 g/mol. The van der Waals surface area contributed by atoms with Gasteiger partial charge in [-0.2, -0.15) is 0 Å². The number of thioether (sulfide) groups is 1. The van der Waals surface area contributed by atoms with Gasteiger partial charge in [-0.15, -0.1) is 10.2 Å². The summed E-state index contributed by atoms with van der Waals surface area (Å²) in [6.07, 6.45) is 9.09. The molecule has 1 N–H and O–H groups in total. The first-order valence-corrected chi connectivity index (χ1v) is 15.2. The van der Waals surface area contributed by atoms with Crippen LogP contribution in [0.1, 0.15) is 51.0 Å². The lowest BCUT2D eigenvalue weighted by atomic mass is 9.48. The Kier molecular flexibility index (Phi) is 6.20. The number of amides is 1. The predicted octanol–water partition coefficient (Wildman–Crippen LogP) is 4.52. The van der Waals surface area contributed by atoms with Crippen molar-refractivity contribution in [3.05, 3.63) is 29.8 Å². The molecule has 6 rings (SSSR count). The summed E-state index contributed by atoms with van der Waals surface area (Å²) in [6, 6.07) is 7.92. The van der Waals surface area contributed by atoms with Gasteiger partial charge in [0.25, 0.3) is 0 Å². The second-order valence-corrected chi connectivity index (χ2v) is 14.3. The van der Waals surface area contributed by atoms with Crippen molar-refractivity contribution in [2.24, 2.45) is 17.8 Å². The van der Waals surface area contributed by atoms with E-state index in [-0.39, 0.29) is 12.0 Å². The molecule has 1 amide bonds. The SMILES string of the molecule is CCSc1nnc(NC(=O)CN(c2ccc(C34CC5CC(CC(C5)C3)C4)cc2)S(C)(=O)=O)s1. The zero-order chi connectivity index (χ0) is 23.2. The highest BCUT2D eigenvalue weighted by Gasteiger charge is 2.51. The number of rotatable bonds is 8. The number of hydrogen-bond acceptors (Lipinski definition) is 7. The number of sulfonamides is 1. The van der Waals surface area contributed by atoms with Crippen LogP contribution < -0.4 is 9.62 Å². The minimum Gasteiger partial charge on any atom is -0.299 e. The zero-order valence-electron chi connectivity index (χ0n) is 19.0. The Labute approximate surface area is 203 Å². The molecule has 178 valence electrons. The summed E-state index contributed by atoms with van der Waals surface area (Å²) >= 11 is 2.83. The van der Waals surface area contributed by atoms with Crippen molar-refractivity contribution in [1.82, 2.24) is 10.2 Å². The minimum atomic E-state index is -3.63. The number of nitrogens with one attached hydrogen (secondary N) is 1. The summed E-state index contributed by atoms with van der Waals surface area (Å²) in [4.78, 5) is 12.6. The standard InChI is InChI=1S/C23H30N4O3S3/c1-3-31-22-26-25-21(32-22)24-20(28)14-27(33(2,29)30)19-6-4-18(5-7-19)23-11-15-8-16(12-23)10-17(9-15)13-23/h4-7,15-17H,3,8-14H2,1-2H3,(H,24,25,28). The van der Waals surface area contributed by atoms with E-state index in [2.05, 4.69) is 27.6 Å². The van der Waals surface area contributed by atoms with Crippen LogP contribution in [0.3, 0.4) is 0 Å². The first-order chi connectivity index (χ1) is 15.7. The molecule has 4 fully saturated rings. The maximum Gasteiger partial charge on any atom is 0.246 e. The lowest BCUT2D eigenvalue weighted by Crippen LogP contribution is -2.48. The molecule has 4 bridgehead atoms. The van der Waals surface area contributed by atoms with Gasteiger partial charge in [0, 0.05) is 0 Å². The highest BCUT2D eigenvalue weighted by Crippen LogP contribution is 2.60. The average molecular weight is 507 g/mol. The molecule has 4 aliphatic carbocycles. The van der Waals surface area contributed by atoms with Crippen molar-refractivity contribution in [2.75, 3.05) is 28.2 Å². The van der Waals surface area contributed by atoms with E-state index in [1.54, 1.807) is 11.8 Å². The molecule has 1 aromatic carbocycles. The van der Waals surface area contributed by atoms with Gasteiger partial charge in [0.1, 0.15) is 6.54 Å². The molecule has 4 aliphatic rings. The molecule has 10 heteroatoms. The number of carbonyl (C=O) groups excluding carboxylic acids is 1. The van der Waals surface area contributed by atoms with E-state index >= 15 is 0 Å². The van der Waals surface area contributed by atoms with Gasteiger partial charge >= 0.3 is 0 Å². The fraction of sp³-hybridized carbons (Fsp3) is 0.609. The summed E-state index contributed by atoms with van der Waals surface area (Å²) in [6.45, 7) is 1.72. The van der Waals surface area contributed by atoms with Gasteiger partial charge in [0.05, 0.1) is 11.9 Å². The summed E-state index contributed by atoms with van der Waals surface area (Å²) < 4.78 is 27.0. The molecule has 33 heavy (non-hydrogen) atoms. The molecule has 0 radical (unpaired) electrons. The molecule has 0 spiro atoms. The Hall–Kier alpha value is -1.65. The number of carbonyl (C=O) groups is 1. The lowest BCUT2D eigenvalue weighted by molar-refractivity contribution is -0.114. The molecule has 1 aromatic heterocycles. The molecule has 0 unspecified atom stereocenters. The molecule has 0 aliphatic heterocycles. The minimum absolute atomic E-state index is 0.257. The number of hydrogen-bond donors (Lipinski definition) is 1. The first kappa shape index (κ1) is 23.1. The fourth-order valence-electron chi connectivity index (χ4n) is 6.58. The topological polar surface area (TPSA) is 92.3 Å². The molecule has 4 saturated carbocycles. The van der Waals surface area contributed by atoms with Crippen LogP contribution in [0.5, 0.6) is 0 Å². The summed E-state index contributed by atoms with van der Waals surface area (Å²) in [7, 11) is -3.63. The average Bonchev–Trinajstić information content (AvgIpc) is 3.17.